The second-order valence-electron chi connectivity index (χ2n) is 6.13. The maximum absolute atomic E-state index is 10.9. The fourth-order valence-electron chi connectivity index (χ4n) is 3.04. The average molecular weight is 337 g/mol. The number of hydrogen-bond acceptors (Lipinski definition) is 2. The van der Waals surface area contributed by atoms with Crippen LogP contribution in [-0.4, -0.2) is 14.2 Å². The molecule has 0 aliphatic heterocycles. The number of fused-ring (bicyclic) bond motifs is 1. The number of alkyl halides is 1. The van der Waals surface area contributed by atoms with E-state index in [1.165, 1.54) is 18.5 Å². The molecule has 1 atom stereocenters. The third kappa shape index (κ3) is 2.46. The average Bonchev–Trinajstić information content (AvgIpc) is 3.05. The quantitative estimate of drug-likeness (QED) is 0.497. The van der Waals surface area contributed by atoms with Gasteiger partial charge in [-0.15, -0.1) is 0 Å². The lowest BCUT2D eigenvalue weighted by atomic mass is 9.88. The van der Waals surface area contributed by atoms with Crippen molar-refractivity contribution in [3.63, 3.8) is 0 Å². The maximum atomic E-state index is 10.9. The van der Waals surface area contributed by atoms with E-state index in [-0.39, 0.29) is 14.9 Å². The van der Waals surface area contributed by atoms with E-state index < -0.39 is 0 Å². The molecule has 1 saturated carbocycles. The molecule has 0 saturated heterocycles. The van der Waals surface area contributed by atoms with E-state index in [0.717, 1.165) is 10.9 Å². The Bertz CT molecular complexity index is 668. The van der Waals surface area contributed by atoms with Crippen LogP contribution in [0.2, 0.25) is 0 Å². The highest BCUT2D eigenvalue weighted by molar-refractivity contribution is 9.10. The third-order valence-electron chi connectivity index (χ3n) is 4.00. The number of hydrogen-bond donors (Lipinski definition) is 1. The zero-order valence-corrected chi connectivity index (χ0v) is 13.1. The van der Waals surface area contributed by atoms with Gasteiger partial charge in [0.2, 0.25) is 0 Å². The van der Waals surface area contributed by atoms with Crippen molar-refractivity contribution in [3.8, 4) is 0 Å². The van der Waals surface area contributed by atoms with Gasteiger partial charge in [0, 0.05) is 39.0 Å². The van der Waals surface area contributed by atoms with Crippen LogP contribution in [0, 0.1) is 16.0 Å². The van der Waals surface area contributed by atoms with Gasteiger partial charge in [-0.1, -0.05) is 15.9 Å². The molecule has 5 heteroatoms. The molecule has 1 aliphatic carbocycles. The smallest absolute Gasteiger partial charge is 0.270 e. The summed E-state index contributed by atoms with van der Waals surface area (Å²) in [6, 6.07) is 7.05. The van der Waals surface area contributed by atoms with E-state index in [2.05, 4.69) is 40.8 Å². The van der Waals surface area contributed by atoms with Crippen LogP contribution in [0.5, 0.6) is 0 Å². The molecule has 1 fully saturated rings. The zero-order valence-electron chi connectivity index (χ0n) is 11.5. The van der Waals surface area contributed by atoms with Gasteiger partial charge in [-0.2, -0.15) is 0 Å². The lowest BCUT2D eigenvalue weighted by Crippen LogP contribution is -2.24. The standard InChI is InChI=1S/C15H17BrN2O2/c1-15(2,16)14(9-3-4-9)13-8-10-7-11(18(19)20)5-6-12(10)17-13/h5-9,14,17H,3-4H2,1-2H3. The lowest BCUT2D eigenvalue weighted by molar-refractivity contribution is -0.384. The number of nitrogens with zero attached hydrogens (tertiary/aromatic N) is 1. The Morgan fingerprint density at radius 1 is 1.40 bits per heavy atom. The molecule has 0 spiro atoms. The molecule has 106 valence electrons. The molecule has 0 amide bonds. The number of benzene rings is 1. The summed E-state index contributed by atoms with van der Waals surface area (Å²) in [7, 11) is 0. The lowest BCUT2D eigenvalue weighted by Gasteiger charge is -2.28. The molecular weight excluding hydrogens is 320 g/mol. The minimum Gasteiger partial charge on any atom is -0.358 e. The molecule has 4 nitrogen and oxygen atoms in total. The number of halogens is 1. The van der Waals surface area contributed by atoms with Crippen LogP contribution in [0.4, 0.5) is 5.69 Å². The molecule has 0 bridgehead atoms. The number of nitro groups is 1. The summed E-state index contributed by atoms with van der Waals surface area (Å²) in [4.78, 5) is 13.9. The van der Waals surface area contributed by atoms with Crippen molar-refractivity contribution in [2.75, 3.05) is 0 Å². The van der Waals surface area contributed by atoms with Crippen LogP contribution in [0.1, 0.15) is 38.3 Å². The summed E-state index contributed by atoms with van der Waals surface area (Å²) in [6.07, 6.45) is 2.52. The molecule has 1 aromatic carbocycles. The first-order chi connectivity index (χ1) is 9.36. The second kappa shape index (κ2) is 4.58. The van der Waals surface area contributed by atoms with Crippen LogP contribution in [0.25, 0.3) is 10.9 Å². The minimum atomic E-state index is -0.348. The van der Waals surface area contributed by atoms with Crippen molar-refractivity contribution < 1.29 is 4.92 Å². The summed E-state index contributed by atoms with van der Waals surface area (Å²) in [5, 5.41) is 11.8. The van der Waals surface area contributed by atoms with Crippen LogP contribution >= 0.6 is 15.9 Å². The molecule has 0 radical (unpaired) electrons. The first-order valence-corrected chi connectivity index (χ1v) is 7.61. The number of nitrogens with one attached hydrogen (secondary N) is 1. The summed E-state index contributed by atoms with van der Waals surface area (Å²) in [5.41, 5.74) is 2.28. The molecule has 20 heavy (non-hydrogen) atoms. The van der Waals surface area contributed by atoms with Crippen molar-refractivity contribution in [2.45, 2.75) is 36.9 Å². The number of non-ortho nitro benzene ring substituents is 1. The second-order valence-corrected chi connectivity index (χ2v) is 8.18. The Hall–Kier alpha value is -1.36. The van der Waals surface area contributed by atoms with Gasteiger partial charge in [0.15, 0.2) is 0 Å². The Labute approximate surface area is 125 Å². The van der Waals surface area contributed by atoms with Crippen LogP contribution < -0.4 is 0 Å². The van der Waals surface area contributed by atoms with Gasteiger partial charge in [0.1, 0.15) is 0 Å². The molecule has 1 aliphatic rings. The number of rotatable bonds is 4. The van der Waals surface area contributed by atoms with E-state index in [9.17, 15) is 10.1 Å². The Balaban J connectivity index is 2.05. The Morgan fingerprint density at radius 3 is 2.65 bits per heavy atom. The zero-order chi connectivity index (χ0) is 14.5. The van der Waals surface area contributed by atoms with E-state index in [0.29, 0.717) is 11.8 Å². The first-order valence-electron chi connectivity index (χ1n) is 6.82. The summed E-state index contributed by atoms with van der Waals surface area (Å²) in [6.45, 7) is 4.37. The van der Waals surface area contributed by atoms with Crippen molar-refractivity contribution in [3.05, 3.63) is 40.1 Å². The topological polar surface area (TPSA) is 58.9 Å². The molecule has 1 unspecified atom stereocenters. The summed E-state index contributed by atoms with van der Waals surface area (Å²) in [5.74, 6) is 1.11. The number of aromatic amines is 1. The molecule has 1 N–H and O–H groups in total. The van der Waals surface area contributed by atoms with Gasteiger partial charge < -0.3 is 4.98 Å². The van der Waals surface area contributed by atoms with Crippen molar-refractivity contribution >= 4 is 32.5 Å². The highest BCUT2D eigenvalue weighted by Gasteiger charge is 2.41. The highest BCUT2D eigenvalue weighted by Crippen LogP contribution is 2.51. The van der Waals surface area contributed by atoms with Crippen molar-refractivity contribution in [2.24, 2.45) is 5.92 Å². The normalized spacial score (nSPS) is 17.4. The van der Waals surface area contributed by atoms with Gasteiger partial charge in [-0.05, 0) is 44.7 Å². The number of aromatic nitrogens is 1. The Morgan fingerprint density at radius 2 is 2.10 bits per heavy atom. The number of nitro benzene ring substituents is 1. The van der Waals surface area contributed by atoms with Gasteiger partial charge in [-0.25, -0.2) is 0 Å². The predicted molar refractivity (Wildman–Crippen MR) is 83.4 cm³/mol. The van der Waals surface area contributed by atoms with Gasteiger partial charge in [0.05, 0.1) is 4.92 Å². The summed E-state index contributed by atoms with van der Waals surface area (Å²) >= 11 is 3.79. The van der Waals surface area contributed by atoms with Crippen molar-refractivity contribution in [1.29, 1.82) is 0 Å². The largest absolute Gasteiger partial charge is 0.358 e. The fourth-order valence-corrected chi connectivity index (χ4v) is 3.66. The maximum Gasteiger partial charge on any atom is 0.270 e. The highest BCUT2D eigenvalue weighted by atomic mass is 79.9. The Kier molecular flexibility index (Phi) is 3.12. The van der Waals surface area contributed by atoms with Gasteiger partial charge in [0.25, 0.3) is 5.69 Å². The monoisotopic (exact) mass is 336 g/mol. The molecular formula is C15H17BrN2O2. The van der Waals surface area contributed by atoms with E-state index in [4.69, 9.17) is 0 Å². The van der Waals surface area contributed by atoms with Crippen LogP contribution in [0.15, 0.2) is 24.3 Å². The van der Waals surface area contributed by atoms with E-state index in [1.54, 1.807) is 18.2 Å². The SMILES string of the molecule is CC(C)(Br)C(c1cc2cc([N+](=O)[O-])ccc2[nH]1)C1CC1. The molecule has 1 heterocycles. The fraction of sp³-hybridized carbons (Fsp3) is 0.467. The third-order valence-corrected chi connectivity index (χ3v) is 4.50. The molecule has 2 aromatic rings. The first kappa shape index (κ1) is 13.6. The number of H-pyrrole nitrogens is 1. The molecule has 1 aromatic heterocycles. The van der Waals surface area contributed by atoms with Crippen molar-refractivity contribution in [1.82, 2.24) is 4.98 Å². The van der Waals surface area contributed by atoms with Gasteiger partial charge >= 0.3 is 0 Å². The summed E-state index contributed by atoms with van der Waals surface area (Å²) < 4.78 is 0.0149. The van der Waals surface area contributed by atoms with E-state index >= 15 is 0 Å². The van der Waals surface area contributed by atoms with E-state index in [1.807, 2.05) is 0 Å². The molecule has 3 rings (SSSR count). The predicted octanol–water partition coefficient (Wildman–Crippen LogP) is 4.74. The minimum absolute atomic E-state index is 0.0149. The van der Waals surface area contributed by atoms with Crippen LogP contribution in [0.3, 0.4) is 0 Å². The van der Waals surface area contributed by atoms with Gasteiger partial charge in [-0.3, -0.25) is 10.1 Å². The van der Waals surface area contributed by atoms with Crippen LogP contribution in [-0.2, 0) is 0 Å².